The first-order valence-electron chi connectivity index (χ1n) is 25.5. The van der Waals surface area contributed by atoms with Crippen molar-refractivity contribution in [2.45, 2.75) is 95.9 Å². The van der Waals surface area contributed by atoms with E-state index >= 15 is 0 Å². The van der Waals surface area contributed by atoms with E-state index in [0.717, 1.165) is 120 Å². The number of pyridine rings is 1. The van der Waals surface area contributed by atoms with Crippen LogP contribution in [0.25, 0.3) is 16.4 Å². The number of anilines is 4. The highest BCUT2D eigenvalue weighted by molar-refractivity contribution is 6.36. The molecule has 2 N–H and O–H groups in total. The van der Waals surface area contributed by atoms with Crippen LogP contribution >= 0.6 is 11.6 Å². The van der Waals surface area contributed by atoms with Crippen LogP contribution in [0.5, 0.6) is 11.8 Å². The second-order valence-corrected chi connectivity index (χ2v) is 19.9. The molecule has 17 nitrogen and oxygen atoms in total. The Morgan fingerprint density at radius 1 is 0.958 bits per heavy atom. The number of nitrogens with zero attached hydrogens (tertiary/aromatic N) is 12. The Balaban J connectivity index is 0.814. The number of halogens is 1. The number of piperidine rings is 1. The third kappa shape index (κ3) is 10.3. The first-order chi connectivity index (χ1) is 35.2. The molecular formula is C54H64ClN13O4. The topological polar surface area (TPSA) is 177 Å². The summed E-state index contributed by atoms with van der Waals surface area (Å²) in [6.45, 7) is 11.8. The number of aryl methyl sites for hydroxylation is 1. The molecule has 4 aliphatic heterocycles. The fourth-order valence-corrected chi connectivity index (χ4v) is 11.2. The summed E-state index contributed by atoms with van der Waals surface area (Å²) in [5.41, 5.74) is 6.04. The summed E-state index contributed by atoms with van der Waals surface area (Å²) in [5.74, 6) is 2.72. The summed E-state index contributed by atoms with van der Waals surface area (Å²) in [6, 6.07) is 19.0. The molecule has 6 aromatic rings. The minimum absolute atomic E-state index is 0.0438. The number of aliphatic hydroxyl groups is 1. The molecule has 3 atom stereocenters. The van der Waals surface area contributed by atoms with Gasteiger partial charge in [-0.25, -0.2) is 4.98 Å². The Bertz CT molecular complexity index is 2970. The van der Waals surface area contributed by atoms with Gasteiger partial charge in [0.2, 0.25) is 0 Å². The van der Waals surface area contributed by atoms with Crippen molar-refractivity contribution in [2.24, 2.45) is 0 Å². The van der Waals surface area contributed by atoms with Gasteiger partial charge >= 0.3 is 6.01 Å². The molecular weight excluding hydrogens is 930 g/mol. The molecule has 0 unspecified atom stereocenters. The lowest BCUT2D eigenvalue weighted by molar-refractivity contribution is -0.130. The molecule has 4 aliphatic rings. The van der Waals surface area contributed by atoms with Crippen LogP contribution in [-0.2, 0) is 30.7 Å². The van der Waals surface area contributed by atoms with Crippen molar-refractivity contribution in [2.75, 3.05) is 86.2 Å². The van der Waals surface area contributed by atoms with Gasteiger partial charge < -0.3 is 44.4 Å². The highest BCUT2D eigenvalue weighted by atomic mass is 35.5. The molecule has 3 saturated heterocycles. The van der Waals surface area contributed by atoms with E-state index in [1.165, 1.54) is 0 Å². The largest absolute Gasteiger partial charge is 0.487 e. The first kappa shape index (κ1) is 48.9. The molecule has 376 valence electrons. The van der Waals surface area contributed by atoms with Gasteiger partial charge in [0.1, 0.15) is 36.4 Å². The highest BCUT2D eigenvalue weighted by Gasteiger charge is 2.35. The lowest BCUT2D eigenvalue weighted by Gasteiger charge is -2.42. The summed E-state index contributed by atoms with van der Waals surface area (Å²) >= 11 is 6.81. The number of piperazine rings is 1. The predicted molar refractivity (Wildman–Crippen MR) is 280 cm³/mol. The molecule has 0 aliphatic carbocycles. The number of likely N-dealkylation sites (tertiary alicyclic amines) is 1. The van der Waals surface area contributed by atoms with Gasteiger partial charge in [-0.15, -0.1) is 0 Å². The summed E-state index contributed by atoms with van der Waals surface area (Å²) in [4.78, 5) is 44.8. The number of carbonyl (C=O) groups excluding carboxylic acids is 1. The fraction of sp³-hybridized carbons (Fsp3) is 0.463. The standard InChI is InChI=1S/C54H64ClN13O4/c1-4-38-30-59-68-48(27-49(61-51(38)68)66-21-6-5-12-40(66)18-25-69)58-29-37-26-43(31-57-28-37)71-34-36(2)53(70)67-24-23-65(32-41(67)16-19-56)52-44-17-22-64(47-15-8-11-39-10-7-14-45(55)50(39)47)33-46(44)60-54(62-52)72-35-42-13-9-20-63(42)3/h7-8,10-11,14-15,26-28,30-31,40-42,58,69H,2,4-6,9,12-13,16-18,20-25,29,32-35H2,1,3H3/t40-,41-,42-/m0/s1. The van der Waals surface area contributed by atoms with Gasteiger partial charge in [0.15, 0.2) is 5.65 Å². The van der Waals surface area contributed by atoms with Gasteiger partial charge in [-0.1, -0.05) is 49.4 Å². The molecule has 3 fully saturated rings. The van der Waals surface area contributed by atoms with E-state index in [4.69, 9.17) is 36.0 Å². The number of nitriles is 1. The Hall–Kier alpha value is -6.74. The lowest BCUT2D eigenvalue weighted by atomic mass is 9.99. The zero-order valence-electron chi connectivity index (χ0n) is 41.3. The van der Waals surface area contributed by atoms with Crippen molar-refractivity contribution >= 4 is 57.1 Å². The molecule has 10 rings (SSSR count). The summed E-state index contributed by atoms with van der Waals surface area (Å²) in [5, 5.41) is 31.0. The average molecular weight is 995 g/mol. The molecule has 8 heterocycles. The van der Waals surface area contributed by atoms with Gasteiger partial charge in [0.25, 0.3) is 5.91 Å². The number of nitrogens with one attached hydrogen (secondary N) is 1. The number of fused-ring (bicyclic) bond motifs is 3. The molecule has 0 radical (unpaired) electrons. The van der Waals surface area contributed by atoms with Gasteiger partial charge in [0, 0.05) is 98.0 Å². The van der Waals surface area contributed by atoms with Crippen molar-refractivity contribution in [1.82, 2.24) is 39.3 Å². The van der Waals surface area contributed by atoms with Gasteiger partial charge in [-0.2, -0.15) is 24.8 Å². The minimum atomic E-state index is -0.414. The van der Waals surface area contributed by atoms with Crippen molar-refractivity contribution in [3.05, 3.63) is 107 Å². The Labute approximate surface area is 426 Å². The fourth-order valence-electron chi connectivity index (χ4n) is 11.0. The quantitative estimate of drug-likeness (QED) is 0.0874. The van der Waals surface area contributed by atoms with Crippen molar-refractivity contribution in [3.8, 4) is 17.8 Å². The van der Waals surface area contributed by atoms with Crippen molar-refractivity contribution < 1.29 is 19.4 Å². The van der Waals surface area contributed by atoms with Crippen molar-refractivity contribution in [3.63, 3.8) is 0 Å². The second kappa shape index (κ2) is 21.9. The number of hydrogen-bond acceptors (Lipinski definition) is 15. The second-order valence-electron chi connectivity index (χ2n) is 19.5. The van der Waals surface area contributed by atoms with Gasteiger partial charge in [-0.05, 0) is 94.1 Å². The van der Waals surface area contributed by atoms with Crippen LogP contribution in [-0.4, -0.2) is 135 Å². The van der Waals surface area contributed by atoms with E-state index < -0.39 is 6.04 Å². The van der Waals surface area contributed by atoms with Crippen LogP contribution in [0.15, 0.2) is 79.3 Å². The molecule has 2 aromatic carbocycles. The monoisotopic (exact) mass is 993 g/mol. The number of aliphatic hydroxyl groups excluding tert-OH is 1. The van der Waals surface area contributed by atoms with Crippen LogP contribution in [0.4, 0.5) is 23.1 Å². The third-order valence-corrected chi connectivity index (χ3v) is 15.2. The number of carbonyl (C=O) groups is 1. The number of amides is 1. The maximum Gasteiger partial charge on any atom is 0.318 e. The van der Waals surface area contributed by atoms with E-state index in [0.29, 0.717) is 69.0 Å². The summed E-state index contributed by atoms with van der Waals surface area (Å²) in [7, 11) is 2.13. The number of likely N-dealkylation sites (N-methyl/N-ethyl adjacent to an activating group) is 1. The smallest absolute Gasteiger partial charge is 0.318 e. The third-order valence-electron chi connectivity index (χ3n) is 14.9. The molecule has 4 aromatic heterocycles. The maximum atomic E-state index is 14.2. The van der Waals surface area contributed by atoms with E-state index in [1.54, 1.807) is 17.3 Å². The van der Waals surface area contributed by atoms with Gasteiger partial charge in [0.05, 0.1) is 48.2 Å². The maximum absolute atomic E-state index is 14.2. The number of rotatable bonds is 17. The molecule has 0 saturated carbocycles. The summed E-state index contributed by atoms with van der Waals surface area (Å²) < 4.78 is 14.4. The number of hydrogen-bond donors (Lipinski definition) is 2. The van der Waals surface area contributed by atoms with E-state index in [9.17, 15) is 15.2 Å². The number of aromatic nitrogens is 6. The average Bonchev–Trinajstić information content (AvgIpc) is 4.03. The van der Waals surface area contributed by atoms with E-state index in [1.807, 2.05) is 35.0 Å². The number of benzene rings is 2. The lowest BCUT2D eigenvalue weighted by Crippen LogP contribution is -2.56. The predicted octanol–water partition coefficient (Wildman–Crippen LogP) is 7.24. The highest BCUT2D eigenvalue weighted by Crippen LogP contribution is 2.38. The molecule has 18 heteroatoms. The van der Waals surface area contributed by atoms with E-state index in [-0.39, 0.29) is 43.2 Å². The van der Waals surface area contributed by atoms with Crippen LogP contribution in [0.1, 0.15) is 74.3 Å². The molecule has 72 heavy (non-hydrogen) atoms. The SMILES string of the molecule is C=C(COc1cncc(CNc2cc(N3CCCC[C@H]3CCO)nc3c(CC)cnn23)c1)C(=O)N1CCN(c2nc(OC[C@@H]3CCCN3C)nc3c2CCN(c2cccc4cccc(Cl)c24)C3)C[C@@H]1CC#N. The molecule has 1 amide bonds. The van der Waals surface area contributed by atoms with Crippen LogP contribution in [0.3, 0.4) is 0 Å². The van der Waals surface area contributed by atoms with Crippen LogP contribution < -0.4 is 29.5 Å². The normalized spacial score (nSPS) is 19.4. The zero-order chi connectivity index (χ0) is 49.7. The van der Waals surface area contributed by atoms with Crippen LogP contribution in [0.2, 0.25) is 5.02 Å². The Morgan fingerprint density at radius 3 is 2.64 bits per heavy atom. The number of ether oxygens (including phenoxy) is 2. The molecule has 0 spiro atoms. The Morgan fingerprint density at radius 2 is 1.82 bits per heavy atom. The van der Waals surface area contributed by atoms with Crippen molar-refractivity contribution in [1.29, 1.82) is 5.26 Å². The van der Waals surface area contributed by atoms with E-state index in [2.05, 4.69) is 85.9 Å². The minimum Gasteiger partial charge on any atom is -0.487 e. The zero-order valence-corrected chi connectivity index (χ0v) is 42.1. The molecule has 0 bridgehead atoms. The van der Waals surface area contributed by atoms with Crippen LogP contribution in [0, 0.1) is 11.3 Å². The summed E-state index contributed by atoms with van der Waals surface area (Å²) in [6.07, 6.45) is 13.1. The van der Waals surface area contributed by atoms with Gasteiger partial charge in [-0.3, -0.25) is 9.78 Å². The Kier molecular flexibility index (Phi) is 14.9. The first-order valence-corrected chi connectivity index (χ1v) is 25.9.